The lowest BCUT2D eigenvalue weighted by molar-refractivity contribution is -0.127. The first-order valence-electron chi connectivity index (χ1n) is 5.90. The Kier molecular flexibility index (Phi) is 5.70. The summed E-state index contributed by atoms with van der Waals surface area (Å²) >= 11 is 5.82. The molecule has 0 aromatic heterocycles. The minimum atomic E-state index is -3.77. The van der Waals surface area contributed by atoms with Crippen LogP contribution < -0.4 is 10.0 Å². The lowest BCUT2D eigenvalue weighted by atomic mass is 10.2. The van der Waals surface area contributed by atoms with Gasteiger partial charge in [-0.1, -0.05) is 11.6 Å². The first kappa shape index (κ1) is 17.4. The molecule has 21 heavy (non-hydrogen) atoms. The highest BCUT2D eigenvalue weighted by Gasteiger charge is 2.18. The average Bonchev–Trinajstić information content (AvgIpc) is 2.44. The zero-order chi connectivity index (χ0) is 16.2. The van der Waals surface area contributed by atoms with Crippen molar-refractivity contribution >= 4 is 33.4 Å². The van der Waals surface area contributed by atoms with Gasteiger partial charge in [-0.05, 0) is 25.2 Å². The van der Waals surface area contributed by atoms with Crippen molar-refractivity contribution in [1.29, 1.82) is 0 Å². The van der Waals surface area contributed by atoms with Crippen LogP contribution in [-0.4, -0.2) is 52.8 Å². The number of sulfonamides is 1. The molecule has 0 bridgehead atoms. The van der Waals surface area contributed by atoms with E-state index < -0.39 is 15.9 Å². The minimum Gasteiger partial charge on any atom is -0.347 e. The second-order valence-corrected chi connectivity index (χ2v) is 6.59. The minimum absolute atomic E-state index is 0.00488. The van der Waals surface area contributed by atoms with Crippen LogP contribution in [-0.2, 0) is 14.8 Å². The molecule has 0 saturated carbocycles. The molecule has 1 aromatic carbocycles. The average molecular weight is 334 g/mol. The maximum Gasteiger partial charge on any atom is 0.251 e. The van der Waals surface area contributed by atoms with Gasteiger partial charge >= 0.3 is 0 Å². The smallest absolute Gasteiger partial charge is 0.251 e. The van der Waals surface area contributed by atoms with E-state index in [1.165, 1.54) is 24.1 Å². The normalized spacial score (nSPS) is 11.0. The van der Waals surface area contributed by atoms with E-state index in [9.17, 15) is 18.0 Å². The van der Waals surface area contributed by atoms with Gasteiger partial charge in [-0.3, -0.25) is 9.59 Å². The van der Waals surface area contributed by atoms with Gasteiger partial charge < -0.3 is 10.2 Å². The molecular formula is C12H16ClN3O4S. The predicted molar refractivity (Wildman–Crippen MR) is 78.7 cm³/mol. The summed E-state index contributed by atoms with van der Waals surface area (Å²) in [5.74, 6) is -0.838. The van der Waals surface area contributed by atoms with Crippen molar-refractivity contribution in [2.24, 2.45) is 0 Å². The van der Waals surface area contributed by atoms with Crippen molar-refractivity contribution in [3.05, 3.63) is 28.8 Å². The third-order valence-corrected chi connectivity index (χ3v) is 4.55. The summed E-state index contributed by atoms with van der Waals surface area (Å²) in [6.07, 6.45) is 0. The molecule has 7 nitrogen and oxygen atoms in total. The maximum atomic E-state index is 11.9. The Morgan fingerprint density at radius 3 is 2.43 bits per heavy atom. The number of nitrogens with one attached hydrogen (secondary N) is 2. The largest absolute Gasteiger partial charge is 0.347 e. The van der Waals surface area contributed by atoms with Crippen LogP contribution in [0, 0.1) is 0 Å². The monoisotopic (exact) mass is 333 g/mol. The van der Waals surface area contributed by atoms with Gasteiger partial charge in [0.1, 0.15) is 4.90 Å². The van der Waals surface area contributed by atoms with Crippen molar-refractivity contribution < 1.29 is 18.0 Å². The molecule has 0 aliphatic carbocycles. The molecule has 2 amide bonds. The summed E-state index contributed by atoms with van der Waals surface area (Å²) in [6.45, 7) is -0.178. The van der Waals surface area contributed by atoms with Crippen molar-refractivity contribution in [3.63, 3.8) is 0 Å². The van der Waals surface area contributed by atoms with Gasteiger partial charge in [0.25, 0.3) is 5.91 Å². The van der Waals surface area contributed by atoms with E-state index in [1.54, 1.807) is 14.1 Å². The molecule has 0 atom stereocenters. The van der Waals surface area contributed by atoms with Crippen molar-refractivity contribution in [3.8, 4) is 0 Å². The Hall–Kier alpha value is -1.64. The standard InChI is InChI=1S/C12H16ClN3O4S/c1-14-21(19,20)10-6-8(4-5-9(10)13)12(18)15-7-11(17)16(2)3/h4-6,14H,7H2,1-3H3,(H,15,18). The Balaban J connectivity index is 2.97. The Morgan fingerprint density at radius 1 is 1.29 bits per heavy atom. The van der Waals surface area contributed by atoms with E-state index in [1.807, 2.05) is 0 Å². The van der Waals surface area contributed by atoms with Gasteiger partial charge in [0, 0.05) is 19.7 Å². The van der Waals surface area contributed by atoms with Crippen molar-refractivity contribution in [2.75, 3.05) is 27.7 Å². The number of rotatable bonds is 5. The topological polar surface area (TPSA) is 95.6 Å². The van der Waals surface area contributed by atoms with Crippen LogP contribution in [0.3, 0.4) is 0 Å². The molecule has 1 aromatic rings. The van der Waals surface area contributed by atoms with Crippen molar-refractivity contribution in [2.45, 2.75) is 4.90 Å². The number of nitrogens with zero attached hydrogens (tertiary/aromatic N) is 1. The molecule has 2 N–H and O–H groups in total. The van der Waals surface area contributed by atoms with Gasteiger partial charge in [0.05, 0.1) is 11.6 Å². The highest BCUT2D eigenvalue weighted by molar-refractivity contribution is 7.89. The molecule has 0 unspecified atom stereocenters. The Labute approximate surface area is 128 Å². The quantitative estimate of drug-likeness (QED) is 0.797. The summed E-state index contributed by atoms with van der Waals surface area (Å²) in [4.78, 5) is 24.4. The number of amides is 2. The summed E-state index contributed by atoms with van der Waals surface area (Å²) in [5, 5.41) is 2.41. The van der Waals surface area contributed by atoms with Gasteiger partial charge in [-0.2, -0.15) is 0 Å². The van der Waals surface area contributed by atoms with Crippen LogP contribution in [0.2, 0.25) is 5.02 Å². The number of halogens is 1. The van der Waals surface area contributed by atoms with E-state index in [0.29, 0.717) is 0 Å². The van der Waals surface area contributed by atoms with E-state index in [4.69, 9.17) is 11.6 Å². The number of carbonyl (C=O) groups is 2. The summed E-state index contributed by atoms with van der Waals surface area (Å²) in [6, 6.07) is 3.85. The predicted octanol–water partition coefficient (Wildman–Crippen LogP) is 0.0661. The third kappa shape index (κ3) is 4.42. The summed E-state index contributed by atoms with van der Waals surface area (Å²) < 4.78 is 25.7. The second kappa shape index (κ2) is 6.88. The van der Waals surface area contributed by atoms with Crippen LogP contribution >= 0.6 is 11.6 Å². The van der Waals surface area contributed by atoms with Crippen molar-refractivity contribution in [1.82, 2.24) is 14.9 Å². The maximum absolute atomic E-state index is 11.9. The van der Waals surface area contributed by atoms with Crippen LogP contribution in [0.15, 0.2) is 23.1 Å². The first-order valence-corrected chi connectivity index (χ1v) is 7.76. The molecule has 0 fully saturated rings. The fourth-order valence-corrected chi connectivity index (χ4v) is 2.63. The molecule has 1 rings (SSSR count). The Morgan fingerprint density at radius 2 is 1.90 bits per heavy atom. The van der Waals surface area contributed by atoms with Crippen LogP contribution in [0.4, 0.5) is 0 Å². The Bertz CT molecular complexity index is 658. The highest BCUT2D eigenvalue weighted by Crippen LogP contribution is 2.22. The fraction of sp³-hybridized carbons (Fsp3) is 0.333. The zero-order valence-corrected chi connectivity index (χ0v) is 13.4. The van der Waals surface area contributed by atoms with E-state index in [-0.39, 0.29) is 27.9 Å². The number of likely N-dealkylation sites (N-methyl/N-ethyl adjacent to an activating group) is 1. The first-order chi connectivity index (χ1) is 9.69. The molecule has 116 valence electrons. The number of hydrogen-bond donors (Lipinski definition) is 2. The highest BCUT2D eigenvalue weighted by atomic mass is 35.5. The molecule has 0 aliphatic rings. The zero-order valence-electron chi connectivity index (χ0n) is 11.8. The molecule has 0 spiro atoms. The van der Waals surface area contributed by atoms with E-state index in [0.717, 1.165) is 6.07 Å². The second-order valence-electron chi connectivity index (χ2n) is 4.32. The van der Waals surface area contributed by atoms with Gasteiger partial charge in [0.15, 0.2) is 0 Å². The van der Waals surface area contributed by atoms with Crippen LogP contribution in [0.25, 0.3) is 0 Å². The molecule has 0 saturated heterocycles. The number of hydrogen-bond acceptors (Lipinski definition) is 4. The fourth-order valence-electron chi connectivity index (χ4n) is 1.38. The number of benzene rings is 1. The molecule has 0 radical (unpaired) electrons. The van der Waals surface area contributed by atoms with Crippen LogP contribution in [0.1, 0.15) is 10.4 Å². The van der Waals surface area contributed by atoms with Gasteiger partial charge in [-0.15, -0.1) is 0 Å². The van der Waals surface area contributed by atoms with E-state index >= 15 is 0 Å². The van der Waals surface area contributed by atoms with Crippen LogP contribution in [0.5, 0.6) is 0 Å². The van der Waals surface area contributed by atoms with E-state index in [2.05, 4.69) is 10.0 Å². The molecule has 0 heterocycles. The summed E-state index contributed by atoms with van der Waals surface area (Å²) in [5.41, 5.74) is 0.0970. The molecule has 0 aliphatic heterocycles. The molecular weight excluding hydrogens is 318 g/mol. The van der Waals surface area contributed by atoms with Gasteiger partial charge in [0.2, 0.25) is 15.9 Å². The lowest BCUT2D eigenvalue weighted by Gasteiger charge is -2.11. The molecule has 9 heteroatoms. The summed E-state index contributed by atoms with van der Waals surface area (Å²) in [7, 11) is 0.605. The number of carbonyl (C=O) groups excluding carboxylic acids is 2. The third-order valence-electron chi connectivity index (χ3n) is 2.65. The lowest BCUT2D eigenvalue weighted by Crippen LogP contribution is -2.36. The van der Waals surface area contributed by atoms with Gasteiger partial charge in [-0.25, -0.2) is 13.1 Å². The SMILES string of the molecule is CNS(=O)(=O)c1cc(C(=O)NCC(=O)N(C)C)ccc1Cl.